The first-order valence-electron chi connectivity index (χ1n) is 10.5. The summed E-state index contributed by atoms with van der Waals surface area (Å²) in [6.07, 6.45) is 0.543. The van der Waals surface area contributed by atoms with E-state index >= 15 is 0 Å². The third-order valence-electron chi connectivity index (χ3n) is 5.32. The summed E-state index contributed by atoms with van der Waals surface area (Å²) in [7, 11) is 0. The SMILES string of the molecule is CC(C)C[C@H](NC(=O)c1ccc(Cl)cc1)C(=O)N1CCN(C(=O)c2ccccc2)CC1. The van der Waals surface area contributed by atoms with Crippen LogP contribution in [0.5, 0.6) is 0 Å². The zero-order valence-corrected chi connectivity index (χ0v) is 18.6. The third-order valence-corrected chi connectivity index (χ3v) is 5.57. The average molecular weight is 442 g/mol. The molecule has 1 heterocycles. The number of amides is 3. The van der Waals surface area contributed by atoms with Crippen molar-refractivity contribution in [2.45, 2.75) is 26.3 Å². The van der Waals surface area contributed by atoms with Crippen LogP contribution in [0.15, 0.2) is 54.6 Å². The smallest absolute Gasteiger partial charge is 0.253 e. The number of halogens is 1. The van der Waals surface area contributed by atoms with E-state index < -0.39 is 6.04 Å². The number of hydrogen-bond acceptors (Lipinski definition) is 3. The van der Waals surface area contributed by atoms with Gasteiger partial charge < -0.3 is 15.1 Å². The first-order chi connectivity index (χ1) is 14.8. The monoisotopic (exact) mass is 441 g/mol. The van der Waals surface area contributed by atoms with Gasteiger partial charge in [-0.1, -0.05) is 43.6 Å². The quantitative estimate of drug-likeness (QED) is 0.746. The van der Waals surface area contributed by atoms with Crippen LogP contribution >= 0.6 is 11.6 Å². The highest BCUT2D eigenvalue weighted by Crippen LogP contribution is 2.14. The van der Waals surface area contributed by atoms with Gasteiger partial charge in [0.15, 0.2) is 0 Å². The van der Waals surface area contributed by atoms with Crippen LogP contribution in [-0.4, -0.2) is 59.7 Å². The maximum atomic E-state index is 13.2. The molecule has 164 valence electrons. The van der Waals surface area contributed by atoms with E-state index in [1.165, 1.54) is 0 Å². The van der Waals surface area contributed by atoms with E-state index in [2.05, 4.69) is 5.32 Å². The third kappa shape index (κ3) is 6.07. The topological polar surface area (TPSA) is 69.7 Å². The van der Waals surface area contributed by atoms with Crippen molar-refractivity contribution in [3.05, 3.63) is 70.7 Å². The van der Waals surface area contributed by atoms with Crippen molar-refractivity contribution in [1.29, 1.82) is 0 Å². The number of nitrogens with zero attached hydrogens (tertiary/aromatic N) is 2. The van der Waals surface area contributed by atoms with Gasteiger partial charge in [0.25, 0.3) is 11.8 Å². The fraction of sp³-hybridized carbons (Fsp3) is 0.375. The Morgan fingerprint density at radius 3 is 2.03 bits per heavy atom. The molecular weight excluding hydrogens is 414 g/mol. The molecule has 2 aromatic rings. The Kier molecular flexibility index (Phi) is 7.69. The Labute approximate surface area is 188 Å². The van der Waals surface area contributed by atoms with Crippen molar-refractivity contribution in [2.75, 3.05) is 26.2 Å². The molecule has 6 nitrogen and oxygen atoms in total. The summed E-state index contributed by atoms with van der Waals surface area (Å²) in [5.74, 6) is -0.195. The molecule has 0 spiro atoms. The number of nitrogens with one attached hydrogen (secondary N) is 1. The van der Waals surface area contributed by atoms with Crippen LogP contribution in [0.3, 0.4) is 0 Å². The second-order valence-electron chi connectivity index (χ2n) is 8.15. The average Bonchev–Trinajstić information content (AvgIpc) is 2.78. The predicted octanol–water partition coefficient (Wildman–Crippen LogP) is 3.47. The molecule has 7 heteroatoms. The zero-order chi connectivity index (χ0) is 22.4. The van der Waals surface area contributed by atoms with E-state index in [0.717, 1.165) is 0 Å². The van der Waals surface area contributed by atoms with Crippen molar-refractivity contribution in [2.24, 2.45) is 5.92 Å². The molecule has 0 saturated carbocycles. The molecule has 31 heavy (non-hydrogen) atoms. The van der Waals surface area contributed by atoms with Crippen molar-refractivity contribution in [1.82, 2.24) is 15.1 Å². The summed E-state index contributed by atoms with van der Waals surface area (Å²) in [6, 6.07) is 15.1. The minimum atomic E-state index is -0.612. The highest BCUT2D eigenvalue weighted by molar-refractivity contribution is 6.30. The Hall–Kier alpha value is -2.86. The number of carbonyl (C=O) groups excluding carboxylic acids is 3. The van der Waals surface area contributed by atoms with Crippen LogP contribution in [0, 0.1) is 5.92 Å². The molecule has 1 N–H and O–H groups in total. The lowest BCUT2D eigenvalue weighted by Crippen LogP contribution is -2.56. The number of piperazine rings is 1. The van der Waals surface area contributed by atoms with Gasteiger partial charge in [-0.15, -0.1) is 0 Å². The van der Waals surface area contributed by atoms with Gasteiger partial charge in [0.1, 0.15) is 6.04 Å². The number of benzene rings is 2. The number of carbonyl (C=O) groups is 3. The van der Waals surface area contributed by atoms with Gasteiger partial charge in [-0.25, -0.2) is 0 Å². The van der Waals surface area contributed by atoms with Gasteiger partial charge in [0.2, 0.25) is 5.91 Å². The maximum Gasteiger partial charge on any atom is 0.253 e. The summed E-state index contributed by atoms with van der Waals surface area (Å²) >= 11 is 5.90. The van der Waals surface area contributed by atoms with Crippen molar-refractivity contribution in [3.63, 3.8) is 0 Å². The van der Waals surface area contributed by atoms with Gasteiger partial charge >= 0.3 is 0 Å². The molecule has 0 radical (unpaired) electrons. The van der Waals surface area contributed by atoms with E-state index in [0.29, 0.717) is 48.7 Å². The predicted molar refractivity (Wildman–Crippen MR) is 121 cm³/mol. The fourth-order valence-electron chi connectivity index (χ4n) is 3.65. The van der Waals surface area contributed by atoms with Crippen LogP contribution in [0.4, 0.5) is 0 Å². The van der Waals surface area contributed by atoms with Gasteiger partial charge in [-0.3, -0.25) is 14.4 Å². The highest BCUT2D eigenvalue weighted by Gasteiger charge is 2.30. The first-order valence-corrected chi connectivity index (χ1v) is 10.9. The maximum absolute atomic E-state index is 13.2. The molecule has 0 unspecified atom stereocenters. The van der Waals surface area contributed by atoms with Gasteiger partial charge in [0.05, 0.1) is 0 Å². The Balaban J connectivity index is 1.62. The molecule has 3 rings (SSSR count). The van der Waals surface area contributed by atoms with E-state index in [9.17, 15) is 14.4 Å². The standard InChI is InChI=1S/C24H28ClN3O3/c1-17(2)16-21(26-22(29)18-8-10-20(25)11-9-18)24(31)28-14-12-27(13-15-28)23(30)19-6-4-3-5-7-19/h3-11,17,21H,12-16H2,1-2H3,(H,26,29)/t21-/m0/s1. The lowest BCUT2D eigenvalue weighted by molar-refractivity contribution is -0.135. The molecule has 0 aliphatic carbocycles. The van der Waals surface area contributed by atoms with E-state index in [1.807, 2.05) is 32.0 Å². The molecular formula is C24H28ClN3O3. The number of rotatable bonds is 6. The van der Waals surface area contributed by atoms with Crippen LogP contribution < -0.4 is 5.32 Å². The zero-order valence-electron chi connectivity index (χ0n) is 17.9. The van der Waals surface area contributed by atoms with Crippen molar-refractivity contribution < 1.29 is 14.4 Å². The Morgan fingerprint density at radius 1 is 0.871 bits per heavy atom. The lowest BCUT2D eigenvalue weighted by Gasteiger charge is -2.37. The normalized spacial score (nSPS) is 15.0. The minimum Gasteiger partial charge on any atom is -0.340 e. The highest BCUT2D eigenvalue weighted by atomic mass is 35.5. The van der Waals surface area contributed by atoms with Gasteiger partial charge in [-0.05, 0) is 48.7 Å². The molecule has 0 bridgehead atoms. The molecule has 1 atom stereocenters. The second kappa shape index (κ2) is 10.4. The molecule has 3 amide bonds. The molecule has 1 aliphatic rings. The largest absolute Gasteiger partial charge is 0.340 e. The molecule has 2 aromatic carbocycles. The van der Waals surface area contributed by atoms with Crippen LogP contribution in [0.1, 0.15) is 41.0 Å². The molecule has 1 saturated heterocycles. The summed E-state index contributed by atoms with van der Waals surface area (Å²) in [4.78, 5) is 42.0. The van der Waals surface area contributed by atoms with Gasteiger partial charge in [-0.2, -0.15) is 0 Å². The summed E-state index contributed by atoms with van der Waals surface area (Å²) in [5.41, 5.74) is 1.11. The fourth-order valence-corrected chi connectivity index (χ4v) is 3.78. The van der Waals surface area contributed by atoms with E-state index in [4.69, 9.17) is 11.6 Å². The lowest BCUT2D eigenvalue weighted by atomic mass is 10.0. The Bertz CT molecular complexity index is 907. The number of hydrogen-bond donors (Lipinski definition) is 1. The van der Waals surface area contributed by atoms with Gasteiger partial charge in [0, 0.05) is 42.3 Å². The summed E-state index contributed by atoms with van der Waals surface area (Å²) in [5, 5.41) is 3.44. The van der Waals surface area contributed by atoms with Crippen LogP contribution in [0.25, 0.3) is 0 Å². The molecule has 1 aliphatic heterocycles. The summed E-state index contributed by atoms with van der Waals surface area (Å²) < 4.78 is 0. The van der Waals surface area contributed by atoms with Crippen LogP contribution in [-0.2, 0) is 4.79 Å². The first kappa shape index (κ1) is 22.8. The van der Waals surface area contributed by atoms with Crippen LogP contribution in [0.2, 0.25) is 5.02 Å². The minimum absolute atomic E-state index is 0.0255. The molecule has 1 fully saturated rings. The van der Waals surface area contributed by atoms with E-state index in [1.54, 1.807) is 46.2 Å². The van der Waals surface area contributed by atoms with Crippen molar-refractivity contribution >= 4 is 29.3 Å². The molecule has 0 aromatic heterocycles. The summed E-state index contributed by atoms with van der Waals surface area (Å²) in [6.45, 7) is 5.88. The Morgan fingerprint density at radius 2 is 1.45 bits per heavy atom. The van der Waals surface area contributed by atoms with Crippen molar-refractivity contribution in [3.8, 4) is 0 Å². The second-order valence-corrected chi connectivity index (χ2v) is 8.58. The van der Waals surface area contributed by atoms with E-state index in [-0.39, 0.29) is 23.6 Å².